The highest BCUT2D eigenvalue weighted by atomic mass is 32.1. The van der Waals surface area contributed by atoms with Gasteiger partial charge in [0.05, 0.1) is 42.8 Å². The van der Waals surface area contributed by atoms with Crippen LogP contribution in [-0.4, -0.2) is 69.0 Å². The minimum atomic E-state index is 0.440. The summed E-state index contributed by atoms with van der Waals surface area (Å²) in [6.07, 6.45) is 9.82. The lowest BCUT2D eigenvalue weighted by Gasteiger charge is -2.36. The van der Waals surface area contributed by atoms with Crippen LogP contribution in [0.3, 0.4) is 0 Å². The van der Waals surface area contributed by atoms with Gasteiger partial charge in [0.15, 0.2) is 0 Å². The first-order chi connectivity index (χ1) is 26.4. The van der Waals surface area contributed by atoms with E-state index >= 15 is 0 Å². The van der Waals surface area contributed by atoms with Gasteiger partial charge >= 0.3 is 0 Å². The van der Waals surface area contributed by atoms with Crippen molar-refractivity contribution in [1.29, 1.82) is 0 Å². The number of thiophene rings is 2. The molecule has 6 aromatic heterocycles. The van der Waals surface area contributed by atoms with E-state index in [1.807, 2.05) is 34.8 Å². The molecule has 2 aromatic carbocycles. The van der Waals surface area contributed by atoms with Gasteiger partial charge in [-0.1, -0.05) is 6.08 Å². The lowest BCUT2D eigenvalue weighted by atomic mass is 9.89. The van der Waals surface area contributed by atoms with Crippen molar-refractivity contribution in [2.24, 2.45) is 0 Å². The van der Waals surface area contributed by atoms with E-state index in [1.54, 1.807) is 34.0 Å². The first-order valence-electron chi connectivity index (χ1n) is 18.5. The number of likely N-dealkylation sites (N-methyl/N-ethyl adjacent to an activating group) is 2. The van der Waals surface area contributed by atoms with Gasteiger partial charge in [0, 0.05) is 68.8 Å². The average molecular weight is 787 g/mol. The summed E-state index contributed by atoms with van der Waals surface area (Å²) in [5.41, 5.74) is 11.6. The third-order valence-corrected chi connectivity index (χ3v) is 14.9. The minimum absolute atomic E-state index is 0.440. The van der Waals surface area contributed by atoms with Gasteiger partial charge in [-0.3, -0.25) is 4.90 Å². The smallest absolute Gasteiger partial charge is 0.125 e. The molecule has 2 aliphatic heterocycles. The van der Waals surface area contributed by atoms with Crippen LogP contribution in [-0.2, 0) is 0 Å². The number of nitrogens with zero attached hydrogens (tertiary/aromatic N) is 6. The standard InChI is InChI=1S/C21H22N4S2.C21H20N4S2/c2*1-13-15(4-3-9-25(13)2)20-11-16-17(7-8-22-21(16)27-20)24-14-5-6-19-18(10-14)23-12-26-19/h5-8,10-13,15H,3-4,9H2,1-2H3,(H,22,24);4-8,10-13H,3,9H2,1-2H3,(H,22,24). The summed E-state index contributed by atoms with van der Waals surface area (Å²) >= 11 is 6.97. The van der Waals surface area contributed by atoms with Crippen molar-refractivity contribution in [2.45, 2.75) is 51.1 Å². The highest BCUT2D eigenvalue weighted by Crippen LogP contribution is 2.41. The summed E-state index contributed by atoms with van der Waals surface area (Å²) in [6.45, 7) is 6.96. The molecule has 8 nitrogen and oxygen atoms in total. The number of pyridine rings is 2. The monoisotopic (exact) mass is 786 g/mol. The van der Waals surface area contributed by atoms with Crippen LogP contribution in [0.25, 0.3) is 46.4 Å². The summed E-state index contributed by atoms with van der Waals surface area (Å²) in [5.74, 6) is 0.599. The topological polar surface area (TPSA) is 82.1 Å². The molecule has 1 saturated heterocycles. The van der Waals surface area contributed by atoms with E-state index in [0.29, 0.717) is 18.0 Å². The fraction of sp³-hybridized carbons (Fsp3) is 0.286. The summed E-state index contributed by atoms with van der Waals surface area (Å²) in [5, 5.41) is 9.55. The van der Waals surface area contributed by atoms with Gasteiger partial charge in [-0.15, -0.1) is 45.3 Å². The number of anilines is 4. The fourth-order valence-corrected chi connectivity index (χ4v) is 11.4. The lowest BCUT2D eigenvalue weighted by molar-refractivity contribution is 0.176. The van der Waals surface area contributed by atoms with E-state index in [1.165, 1.54) is 54.9 Å². The molecule has 0 spiro atoms. The molecule has 10 rings (SSSR count). The van der Waals surface area contributed by atoms with Gasteiger partial charge in [-0.05, 0) is 120 Å². The number of piperidine rings is 1. The van der Waals surface area contributed by atoms with Crippen molar-refractivity contribution in [2.75, 3.05) is 37.8 Å². The number of benzene rings is 2. The van der Waals surface area contributed by atoms with Gasteiger partial charge in [0.2, 0.25) is 0 Å². The highest BCUT2D eigenvalue weighted by Gasteiger charge is 2.28. The van der Waals surface area contributed by atoms with Crippen LogP contribution >= 0.6 is 45.3 Å². The van der Waals surface area contributed by atoms with Gasteiger partial charge in [-0.25, -0.2) is 19.9 Å². The van der Waals surface area contributed by atoms with Gasteiger partial charge in [-0.2, -0.15) is 0 Å². The van der Waals surface area contributed by atoms with Gasteiger partial charge in [0.1, 0.15) is 9.66 Å². The van der Waals surface area contributed by atoms with Crippen molar-refractivity contribution in [3.8, 4) is 0 Å². The number of likely N-dealkylation sites (tertiary alicyclic amines) is 1. The zero-order valence-corrected chi connectivity index (χ0v) is 34.0. The maximum absolute atomic E-state index is 4.64. The van der Waals surface area contributed by atoms with Crippen LogP contribution in [0, 0.1) is 0 Å². The van der Waals surface area contributed by atoms with Crippen molar-refractivity contribution >= 4 is 115 Å². The van der Waals surface area contributed by atoms with Crippen molar-refractivity contribution in [3.05, 3.63) is 99.9 Å². The molecular weight excluding hydrogens is 745 g/mol. The summed E-state index contributed by atoms with van der Waals surface area (Å²) in [4.78, 5) is 28.0. The van der Waals surface area contributed by atoms with E-state index < -0.39 is 0 Å². The number of fused-ring (bicyclic) bond motifs is 4. The Morgan fingerprint density at radius 2 is 1.31 bits per heavy atom. The van der Waals surface area contributed by atoms with Crippen LogP contribution in [0.5, 0.6) is 0 Å². The number of hydrogen-bond donors (Lipinski definition) is 2. The Labute approximate surface area is 331 Å². The second-order valence-corrected chi connectivity index (χ2v) is 18.2. The molecular formula is C42H42N8S4. The number of thiazole rings is 2. The van der Waals surface area contributed by atoms with Crippen molar-refractivity contribution in [1.82, 2.24) is 29.7 Å². The molecule has 0 bridgehead atoms. The zero-order chi connectivity index (χ0) is 36.8. The third-order valence-electron chi connectivity index (χ3n) is 11.0. The predicted octanol–water partition coefficient (Wildman–Crippen LogP) is 11.6. The molecule has 8 heterocycles. The number of hydrogen-bond acceptors (Lipinski definition) is 12. The quantitative estimate of drug-likeness (QED) is 0.172. The van der Waals surface area contributed by atoms with Crippen molar-refractivity contribution < 1.29 is 0 Å². The molecule has 2 N–H and O–H groups in total. The molecule has 8 aromatic rings. The van der Waals surface area contributed by atoms with E-state index in [4.69, 9.17) is 0 Å². The Kier molecular flexibility index (Phi) is 9.89. The Balaban J connectivity index is 0.000000142. The predicted molar refractivity (Wildman–Crippen MR) is 234 cm³/mol. The Morgan fingerprint density at radius 3 is 1.98 bits per heavy atom. The summed E-state index contributed by atoms with van der Waals surface area (Å²) < 4.78 is 2.43. The van der Waals surface area contributed by atoms with Gasteiger partial charge in [0.25, 0.3) is 0 Å². The molecule has 1 fully saturated rings. The van der Waals surface area contributed by atoms with Crippen LogP contribution < -0.4 is 10.6 Å². The largest absolute Gasteiger partial charge is 0.355 e. The molecule has 0 aliphatic carbocycles. The van der Waals surface area contributed by atoms with E-state index in [9.17, 15) is 0 Å². The minimum Gasteiger partial charge on any atom is -0.355 e. The van der Waals surface area contributed by atoms with E-state index in [0.717, 1.165) is 56.4 Å². The molecule has 0 saturated carbocycles. The maximum atomic E-state index is 4.64. The molecule has 54 heavy (non-hydrogen) atoms. The number of rotatable bonds is 6. The molecule has 274 valence electrons. The molecule has 0 amide bonds. The van der Waals surface area contributed by atoms with Crippen LogP contribution in [0.15, 0.2) is 90.2 Å². The van der Waals surface area contributed by atoms with Crippen molar-refractivity contribution in [3.63, 3.8) is 0 Å². The zero-order valence-electron chi connectivity index (χ0n) is 30.7. The first kappa shape index (κ1) is 35.4. The fourth-order valence-electron chi connectivity index (χ4n) is 7.65. The number of aromatic nitrogens is 4. The molecule has 0 radical (unpaired) electrons. The molecule has 3 atom stereocenters. The number of nitrogens with one attached hydrogen (secondary N) is 2. The first-order valence-corrected chi connectivity index (χ1v) is 21.9. The second kappa shape index (κ2) is 15.1. The van der Waals surface area contributed by atoms with E-state index in [2.05, 4.69) is 135 Å². The average Bonchev–Trinajstić information content (AvgIpc) is 4.00. The van der Waals surface area contributed by atoms with Gasteiger partial charge < -0.3 is 15.5 Å². The second-order valence-electron chi connectivity index (χ2n) is 14.3. The Morgan fingerprint density at radius 1 is 0.685 bits per heavy atom. The Hall–Kier alpha value is -4.30. The maximum Gasteiger partial charge on any atom is 0.125 e. The summed E-state index contributed by atoms with van der Waals surface area (Å²) in [6, 6.07) is 22.5. The van der Waals surface area contributed by atoms with E-state index in [-0.39, 0.29) is 0 Å². The molecule has 3 unspecified atom stereocenters. The lowest BCUT2D eigenvalue weighted by Crippen LogP contribution is -2.38. The van der Waals surface area contributed by atoms with Crippen LogP contribution in [0.2, 0.25) is 0 Å². The third kappa shape index (κ3) is 7.02. The Bertz CT molecular complexity index is 2620. The molecule has 12 heteroatoms. The van der Waals surface area contributed by atoms with Crippen LogP contribution in [0.1, 0.15) is 48.8 Å². The summed E-state index contributed by atoms with van der Waals surface area (Å²) in [7, 11) is 4.44. The SMILES string of the molecule is CC1C(c2cc3c(Nc4ccc5scnc5c4)ccnc3s2)=CCCN1C.CC1C(c2cc3c(Nc4ccc5scnc5c4)ccnc3s2)CCCN1C. The normalized spacial score (nSPS) is 19.6. The van der Waals surface area contributed by atoms with Crippen LogP contribution in [0.4, 0.5) is 22.7 Å². The highest BCUT2D eigenvalue weighted by molar-refractivity contribution is 7.20. The molecule has 2 aliphatic rings.